The predicted molar refractivity (Wildman–Crippen MR) is 105 cm³/mol. The number of methoxy groups -OCH3 is 1. The van der Waals surface area contributed by atoms with Gasteiger partial charge in [0.15, 0.2) is 5.82 Å². The molecule has 3 aromatic rings. The summed E-state index contributed by atoms with van der Waals surface area (Å²) in [4.78, 5) is 13.4. The van der Waals surface area contributed by atoms with Gasteiger partial charge in [-0.25, -0.2) is 4.98 Å². The lowest BCUT2D eigenvalue weighted by Crippen LogP contribution is -2.09. The molecule has 0 atom stereocenters. The molecule has 3 rings (SSSR count). The van der Waals surface area contributed by atoms with Crippen LogP contribution in [0.15, 0.2) is 55.0 Å². The van der Waals surface area contributed by atoms with Crippen LogP contribution in [0.4, 0.5) is 5.82 Å². The minimum atomic E-state index is 0.428. The average Bonchev–Trinajstić information content (AvgIpc) is 2.68. The van der Waals surface area contributed by atoms with Crippen LogP contribution in [0.2, 0.25) is 0 Å². The van der Waals surface area contributed by atoms with Gasteiger partial charge < -0.3 is 10.1 Å². The molecule has 0 amide bonds. The van der Waals surface area contributed by atoms with Gasteiger partial charge in [0.1, 0.15) is 11.4 Å². The molecule has 5 nitrogen and oxygen atoms in total. The second kappa shape index (κ2) is 8.43. The van der Waals surface area contributed by atoms with Crippen molar-refractivity contribution in [1.82, 2.24) is 15.0 Å². The lowest BCUT2D eigenvalue weighted by atomic mass is 9.98. The summed E-state index contributed by atoms with van der Waals surface area (Å²) in [5.41, 5.74) is 4.04. The highest BCUT2D eigenvalue weighted by atomic mass is 16.5. The first kappa shape index (κ1) is 17.9. The van der Waals surface area contributed by atoms with E-state index in [9.17, 15) is 0 Å². The van der Waals surface area contributed by atoms with E-state index in [4.69, 9.17) is 4.74 Å². The number of hydrogen-bond donors (Lipinski definition) is 1. The molecule has 0 fully saturated rings. The van der Waals surface area contributed by atoms with Crippen LogP contribution < -0.4 is 10.1 Å². The maximum absolute atomic E-state index is 5.56. The molecule has 0 saturated carbocycles. The van der Waals surface area contributed by atoms with Crippen LogP contribution in [0.25, 0.3) is 11.3 Å². The van der Waals surface area contributed by atoms with Crippen molar-refractivity contribution in [1.29, 1.82) is 0 Å². The van der Waals surface area contributed by atoms with Crippen LogP contribution in [0.5, 0.6) is 5.75 Å². The molecule has 2 heterocycles. The van der Waals surface area contributed by atoms with E-state index in [1.54, 1.807) is 19.5 Å². The molecule has 26 heavy (non-hydrogen) atoms. The summed E-state index contributed by atoms with van der Waals surface area (Å²) >= 11 is 0. The summed E-state index contributed by atoms with van der Waals surface area (Å²) in [6.45, 7) is 5.08. The van der Waals surface area contributed by atoms with E-state index in [1.807, 2.05) is 30.5 Å². The Morgan fingerprint density at radius 3 is 2.58 bits per heavy atom. The quantitative estimate of drug-likeness (QED) is 0.689. The zero-order valence-corrected chi connectivity index (χ0v) is 15.4. The summed E-state index contributed by atoms with van der Waals surface area (Å²) in [5, 5.41) is 3.39. The van der Waals surface area contributed by atoms with Crippen LogP contribution in [-0.2, 0) is 6.42 Å². The number of nitrogens with zero attached hydrogens (tertiary/aromatic N) is 3. The lowest BCUT2D eigenvalue weighted by Gasteiger charge is -2.15. The third-order valence-corrected chi connectivity index (χ3v) is 4.24. The van der Waals surface area contributed by atoms with Gasteiger partial charge in [0.05, 0.1) is 7.11 Å². The second-order valence-corrected chi connectivity index (χ2v) is 6.37. The topological polar surface area (TPSA) is 59.9 Å². The number of pyridine rings is 1. The van der Waals surface area contributed by atoms with Crippen molar-refractivity contribution in [2.45, 2.75) is 26.2 Å². The van der Waals surface area contributed by atoms with Gasteiger partial charge >= 0.3 is 0 Å². The molecule has 0 saturated heterocycles. The summed E-state index contributed by atoms with van der Waals surface area (Å²) in [5.74, 6) is 1.97. The SMILES string of the molecule is COc1ccc(C(C)C)cc1-c1nccnc1NCCc1ccccn1. The zero-order chi connectivity index (χ0) is 18.4. The van der Waals surface area contributed by atoms with Crippen LogP contribution in [0.1, 0.15) is 31.0 Å². The van der Waals surface area contributed by atoms with Crippen molar-refractivity contribution in [2.75, 3.05) is 19.0 Å². The molecule has 1 aromatic carbocycles. The molecule has 2 aromatic heterocycles. The number of hydrogen-bond acceptors (Lipinski definition) is 5. The van der Waals surface area contributed by atoms with E-state index >= 15 is 0 Å². The normalized spacial score (nSPS) is 10.8. The highest BCUT2D eigenvalue weighted by Gasteiger charge is 2.14. The summed E-state index contributed by atoms with van der Waals surface area (Å²) in [7, 11) is 1.68. The van der Waals surface area contributed by atoms with Crippen LogP contribution in [0, 0.1) is 0 Å². The Morgan fingerprint density at radius 1 is 1.00 bits per heavy atom. The first-order chi connectivity index (χ1) is 12.7. The van der Waals surface area contributed by atoms with Gasteiger partial charge in [-0.1, -0.05) is 26.0 Å². The fourth-order valence-electron chi connectivity index (χ4n) is 2.79. The number of ether oxygens (including phenoxy) is 1. The number of benzene rings is 1. The second-order valence-electron chi connectivity index (χ2n) is 6.37. The van der Waals surface area contributed by atoms with Crippen molar-refractivity contribution in [3.63, 3.8) is 0 Å². The molecule has 0 aliphatic heterocycles. The molecule has 0 spiro atoms. The van der Waals surface area contributed by atoms with Crippen molar-refractivity contribution in [3.05, 3.63) is 66.2 Å². The van der Waals surface area contributed by atoms with Crippen molar-refractivity contribution in [2.24, 2.45) is 0 Å². The van der Waals surface area contributed by atoms with Gasteiger partial charge in [0.25, 0.3) is 0 Å². The molecule has 1 N–H and O–H groups in total. The van der Waals surface area contributed by atoms with Crippen molar-refractivity contribution in [3.8, 4) is 17.0 Å². The number of anilines is 1. The Balaban J connectivity index is 1.86. The lowest BCUT2D eigenvalue weighted by molar-refractivity contribution is 0.416. The maximum Gasteiger partial charge on any atom is 0.152 e. The minimum Gasteiger partial charge on any atom is -0.496 e. The zero-order valence-electron chi connectivity index (χ0n) is 15.4. The van der Waals surface area contributed by atoms with E-state index in [-0.39, 0.29) is 0 Å². The molecule has 5 heteroatoms. The molecule has 0 bridgehead atoms. The van der Waals surface area contributed by atoms with E-state index in [0.717, 1.165) is 41.5 Å². The van der Waals surface area contributed by atoms with Gasteiger partial charge in [-0.15, -0.1) is 0 Å². The number of aromatic nitrogens is 3. The fraction of sp³-hybridized carbons (Fsp3) is 0.286. The maximum atomic E-state index is 5.56. The highest BCUT2D eigenvalue weighted by molar-refractivity contribution is 5.76. The summed E-state index contributed by atoms with van der Waals surface area (Å²) in [6.07, 6.45) is 6.04. The third-order valence-electron chi connectivity index (χ3n) is 4.24. The number of rotatable bonds is 7. The van der Waals surface area contributed by atoms with E-state index in [2.05, 4.69) is 46.2 Å². The van der Waals surface area contributed by atoms with Gasteiger partial charge in [-0.3, -0.25) is 9.97 Å². The monoisotopic (exact) mass is 348 g/mol. The summed E-state index contributed by atoms with van der Waals surface area (Å²) < 4.78 is 5.56. The van der Waals surface area contributed by atoms with Gasteiger partial charge in [0, 0.05) is 42.8 Å². The molecule has 0 aliphatic carbocycles. The molecule has 134 valence electrons. The third kappa shape index (κ3) is 4.17. The average molecular weight is 348 g/mol. The molecule has 0 radical (unpaired) electrons. The van der Waals surface area contributed by atoms with Crippen LogP contribution in [-0.4, -0.2) is 28.6 Å². The van der Waals surface area contributed by atoms with Gasteiger partial charge in [-0.05, 0) is 35.7 Å². The largest absolute Gasteiger partial charge is 0.496 e. The molecule has 0 unspecified atom stereocenters. The Hall–Kier alpha value is -2.95. The van der Waals surface area contributed by atoms with E-state index < -0.39 is 0 Å². The Kier molecular flexibility index (Phi) is 5.79. The van der Waals surface area contributed by atoms with Crippen molar-refractivity contribution >= 4 is 5.82 Å². The first-order valence-corrected chi connectivity index (χ1v) is 8.82. The minimum absolute atomic E-state index is 0.428. The Morgan fingerprint density at radius 2 is 1.85 bits per heavy atom. The Bertz CT molecular complexity index is 850. The molecule has 0 aliphatic rings. The van der Waals surface area contributed by atoms with Crippen molar-refractivity contribution < 1.29 is 4.74 Å². The number of nitrogens with one attached hydrogen (secondary N) is 1. The smallest absolute Gasteiger partial charge is 0.152 e. The molecular weight excluding hydrogens is 324 g/mol. The van der Waals surface area contributed by atoms with Crippen LogP contribution in [0.3, 0.4) is 0 Å². The van der Waals surface area contributed by atoms with Gasteiger partial charge in [-0.2, -0.15) is 0 Å². The fourth-order valence-corrected chi connectivity index (χ4v) is 2.79. The predicted octanol–water partition coefficient (Wildman–Crippen LogP) is 4.33. The van der Waals surface area contributed by atoms with Gasteiger partial charge in [0.2, 0.25) is 0 Å². The van der Waals surface area contributed by atoms with Crippen LogP contribution >= 0.6 is 0 Å². The summed E-state index contributed by atoms with van der Waals surface area (Å²) in [6, 6.07) is 12.2. The van der Waals surface area contributed by atoms with E-state index in [0.29, 0.717) is 5.92 Å². The standard InChI is InChI=1S/C21H24N4O/c1-15(2)16-7-8-19(26-3)18(14-16)20-21(25-13-12-23-20)24-11-9-17-6-4-5-10-22-17/h4-8,10,12-15H,9,11H2,1-3H3,(H,24,25). The van der Waals surface area contributed by atoms with E-state index in [1.165, 1.54) is 5.56 Å². The molecular formula is C21H24N4O. The first-order valence-electron chi connectivity index (χ1n) is 8.82. The Labute approximate surface area is 154 Å². The highest BCUT2D eigenvalue weighted by Crippen LogP contribution is 2.34.